The molecule has 1 saturated heterocycles. The van der Waals surface area contributed by atoms with Crippen LogP contribution < -0.4 is 0 Å². The van der Waals surface area contributed by atoms with Crippen molar-refractivity contribution in [3.8, 4) is 0 Å². The topological polar surface area (TPSA) is 91.8 Å². The zero-order chi connectivity index (χ0) is 7.94. The molecule has 1 aliphatic heterocycles. The molecule has 1 heterocycles. The van der Waals surface area contributed by atoms with Gasteiger partial charge >= 0.3 is 16.2 Å². The smallest absolute Gasteiger partial charge is 0.287 e. The molecule has 7 heteroatoms. The van der Waals surface area contributed by atoms with Crippen LogP contribution in [0, 0.1) is 0 Å². The van der Waals surface area contributed by atoms with Crippen LogP contribution in [0.25, 0.3) is 0 Å². The van der Waals surface area contributed by atoms with Crippen LogP contribution in [0.1, 0.15) is 0 Å². The van der Waals surface area contributed by atoms with Crippen molar-refractivity contribution in [2.24, 2.45) is 0 Å². The first-order valence-corrected chi connectivity index (χ1v) is 3.65. The molecule has 1 rings (SSSR count). The number of carbonyl (C=O) groups excluding carboxylic acids is 2. The van der Waals surface area contributed by atoms with Gasteiger partial charge in [-0.2, -0.15) is 8.42 Å². The van der Waals surface area contributed by atoms with E-state index in [9.17, 15) is 18.0 Å². The van der Waals surface area contributed by atoms with Crippen LogP contribution in [0.15, 0.2) is 0 Å². The Morgan fingerprint density at radius 3 is 2.00 bits per heavy atom. The fourth-order valence-corrected chi connectivity index (χ4v) is 1.10. The van der Waals surface area contributed by atoms with Gasteiger partial charge < -0.3 is 0 Å². The fraction of sp³-hybridized carbons (Fsp3) is 0.333. The molecular formula is C3H3NO5S. The fourth-order valence-electron chi connectivity index (χ4n) is 0.504. The Kier molecular flexibility index (Phi) is 1.26. The molecule has 0 aliphatic carbocycles. The van der Waals surface area contributed by atoms with Gasteiger partial charge in [0, 0.05) is 0 Å². The Morgan fingerprint density at radius 1 is 1.40 bits per heavy atom. The highest BCUT2D eigenvalue weighted by molar-refractivity contribution is 7.84. The minimum atomic E-state index is -4.49. The van der Waals surface area contributed by atoms with Gasteiger partial charge in [0.25, 0.3) is 0 Å². The summed E-state index contributed by atoms with van der Waals surface area (Å²) in [6, 6.07) is 0. The summed E-state index contributed by atoms with van der Waals surface area (Å²) in [7, 11) is -4.49. The molecule has 6 nitrogen and oxygen atoms in total. The highest BCUT2D eigenvalue weighted by Crippen LogP contribution is 2.08. The molecule has 1 amide bonds. The van der Waals surface area contributed by atoms with E-state index < -0.39 is 28.5 Å². The Labute approximate surface area is 56.3 Å². The van der Waals surface area contributed by atoms with Gasteiger partial charge in [0.15, 0.2) is 0 Å². The van der Waals surface area contributed by atoms with E-state index in [0.717, 1.165) is 0 Å². The Balaban J connectivity index is 2.85. The summed E-state index contributed by atoms with van der Waals surface area (Å²) in [5, 5.41) is 0. The molecule has 0 atom stereocenters. The molecule has 1 aliphatic rings. The Hall–Kier alpha value is -0.950. The lowest BCUT2D eigenvalue weighted by molar-refractivity contribution is -0.149. The minimum Gasteiger partial charge on any atom is -0.287 e. The van der Waals surface area contributed by atoms with Gasteiger partial charge in [0.1, 0.15) is 6.54 Å². The van der Waals surface area contributed by atoms with Crippen LogP contribution in [-0.2, 0) is 19.9 Å². The molecule has 0 spiro atoms. The summed E-state index contributed by atoms with van der Waals surface area (Å²) in [6.07, 6.45) is 0. The van der Waals surface area contributed by atoms with Gasteiger partial charge in [0.2, 0.25) is 5.78 Å². The van der Waals surface area contributed by atoms with Crippen molar-refractivity contribution in [2.75, 3.05) is 6.54 Å². The second-order valence-electron chi connectivity index (χ2n) is 1.71. The van der Waals surface area contributed by atoms with Gasteiger partial charge in [-0.3, -0.25) is 14.1 Å². The average molecular weight is 165 g/mol. The van der Waals surface area contributed by atoms with Crippen molar-refractivity contribution >= 4 is 22.0 Å². The molecule has 0 aromatic rings. The van der Waals surface area contributed by atoms with Crippen LogP contribution in [0.3, 0.4) is 0 Å². The lowest BCUT2D eigenvalue weighted by Crippen LogP contribution is -2.55. The maximum absolute atomic E-state index is 10.2. The molecule has 0 bridgehead atoms. The number of ketones is 1. The summed E-state index contributed by atoms with van der Waals surface area (Å²) in [5.74, 6) is -1.99. The predicted octanol–water partition coefficient (Wildman–Crippen LogP) is -1.80. The van der Waals surface area contributed by atoms with Crippen molar-refractivity contribution in [1.29, 1.82) is 0 Å². The van der Waals surface area contributed by atoms with Gasteiger partial charge in [-0.1, -0.05) is 0 Å². The van der Waals surface area contributed by atoms with E-state index in [1.807, 2.05) is 0 Å². The third-order valence-electron chi connectivity index (χ3n) is 1.03. The number of hydrogen-bond acceptors (Lipinski definition) is 4. The summed E-state index contributed by atoms with van der Waals surface area (Å²) in [6.45, 7) is -0.544. The van der Waals surface area contributed by atoms with E-state index in [2.05, 4.69) is 0 Å². The molecule has 56 valence electrons. The SMILES string of the molecule is O=C1CN(S(=O)(=O)O)C1=O. The number of nitrogens with zero attached hydrogens (tertiary/aromatic N) is 1. The molecule has 0 unspecified atom stereocenters. The van der Waals surface area contributed by atoms with Crippen LogP contribution in [0.5, 0.6) is 0 Å². The standard InChI is InChI=1S/C3H3NO5S/c5-2-1-4(3(2)6)10(7,8)9/h1H2,(H,7,8,9). The second-order valence-corrected chi connectivity index (χ2v) is 3.05. The van der Waals surface area contributed by atoms with Gasteiger partial charge in [-0.25, -0.2) is 4.31 Å². The van der Waals surface area contributed by atoms with Crippen LogP contribution in [0.2, 0.25) is 0 Å². The van der Waals surface area contributed by atoms with Crippen molar-refractivity contribution in [3.63, 3.8) is 0 Å². The molecular weight excluding hydrogens is 162 g/mol. The molecule has 0 aromatic carbocycles. The van der Waals surface area contributed by atoms with E-state index in [0.29, 0.717) is 0 Å². The van der Waals surface area contributed by atoms with Crippen molar-refractivity contribution in [2.45, 2.75) is 0 Å². The summed E-state index contributed by atoms with van der Waals surface area (Å²) in [4.78, 5) is 20.4. The predicted molar refractivity (Wildman–Crippen MR) is 28.3 cm³/mol. The molecule has 0 saturated carbocycles. The van der Waals surface area contributed by atoms with Gasteiger partial charge in [0.05, 0.1) is 0 Å². The van der Waals surface area contributed by atoms with Crippen molar-refractivity contribution < 1.29 is 22.6 Å². The zero-order valence-corrected chi connectivity index (χ0v) is 5.46. The van der Waals surface area contributed by atoms with E-state index in [1.54, 1.807) is 0 Å². The van der Waals surface area contributed by atoms with Crippen molar-refractivity contribution in [3.05, 3.63) is 0 Å². The molecule has 10 heavy (non-hydrogen) atoms. The zero-order valence-electron chi connectivity index (χ0n) is 4.64. The largest absolute Gasteiger partial charge is 0.362 e. The van der Waals surface area contributed by atoms with Gasteiger partial charge in [-0.15, -0.1) is 0 Å². The van der Waals surface area contributed by atoms with E-state index in [-0.39, 0.29) is 4.31 Å². The second kappa shape index (κ2) is 1.77. The average Bonchev–Trinajstić information content (AvgIpc) is 1.79. The maximum atomic E-state index is 10.2. The summed E-state index contributed by atoms with van der Waals surface area (Å²) >= 11 is 0. The quantitative estimate of drug-likeness (QED) is 0.281. The summed E-state index contributed by atoms with van der Waals surface area (Å²) < 4.78 is 28.4. The highest BCUT2D eigenvalue weighted by Gasteiger charge is 2.42. The highest BCUT2D eigenvalue weighted by atomic mass is 32.2. The first-order chi connectivity index (χ1) is 4.43. The third kappa shape index (κ3) is 0.888. The van der Waals surface area contributed by atoms with Crippen LogP contribution >= 0.6 is 0 Å². The maximum Gasteiger partial charge on any atom is 0.362 e. The summed E-state index contributed by atoms with van der Waals surface area (Å²) in [5.41, 5.74) is 0. The number of β-lactam (4-membered cyclic amide) rings is 1. The van der Waals surface area contributed by atoms with E-state index in [4.69, 9.17) is 4.55 Å². The normalized spacial score (nSPS) is 19.1. The third-order valence-corrected chi connectivity index (χ3v) is 1.88. The van der Waals surface area contributed by atoms with E-state index >= 15 is 0 Å². The molecule has 0 radical (unpaired) electrons. The van der Waals surface area contributed by atoms with Gasteiger partial charge in [-0.05, 0) is 0 Å². The monoisotopic (exact) mass is 165 g/mol. The minimum absolute atomic E-state index is 0.0926. The Bertz CT molecular complexity index is 290. The molecule has 1 N–H and O–H groups in total. The molecule has 1 fully saturated rings. The number of carbonyl (C=O) groups is 2. The number of hydrogen-bond donors (Lipinski definition) is 1. The lowest BCUT2D eigenvalue weighted by Gasteiger charge is -2.24. The first kappa shape index (κ1) is 7.16. The lowest BCUT2D eigenvalue weighted by atomic mass is 10.2. The number of amides is 1. The first-order valence-electron chi connectivity index (χ1n) is 2.25. The molecule has 0 aromatic heterocycles. The number of Topliss-reactive ketones (excluding diaryl/α,β-unsaturated/α-hetero) is 1. The van der Waals surface area contributed by atoms with E-state index in [1.165, 1.54) is 0 Å². The van der Waals surface area contributed by atoms with Crippen molar-refractivity contribution in [1.82, 2.24) is 4.31 Å². The number of rotatable bonds is 1. The van der Waals surface area contributed by atoms with Crippen LogP contribution in [0.4, 0.5) is 0 Å². The van der Waals surface area contributed by atoms with Crippen LogP contribution in [-0.4, -0.2) is 35.5 Å². The Morgan fingerprint density at radius 2 is 1.90 bits per heavy atom.